The second kappa shape index (κ2) is 5.40. The molecule has 0 amide bonds. The Kier molecular flexibility index (Phi) is 3.43. The van der Waals surface area contributed by atoms with Crippen molar-refractivity contribution in [3.8, 4) is 11.6 Å². The van der Waals surface area contributed by atoms with Gasteiger partial charge in [-0.05, 0) is 32.4 Å². The molecule has 3 rings (SSSR count). The van der Waals surface area contributed by atoms with E-state index in [0.717, 1.165) is 17.9 Å². The molecule has 0 atom stereocenters. The van der Waals surface area contributed by atoms with Crippen molar-refractivity contribution in [2.75, 3.05) is 11.9 Å². The normalized spacial score (nSPS) is 10.8. The van der Waals surface area contributed by atoms with E-state index in [2.05, 4.69) is 38.2 Å². The zero-order valence-corrected chi connectivity index (χ0v) is 12.3. The summed E-state index contributed by atoms with van der Waals surface area (Å²) in [6, 6.07) is 6.03. The zero-order valence-electron chi connectivity index (χ0n) is 12.3. The van der Waals surface area contributed by atoms with Crippen LogP contribution in [0.2, 0.25) is 0 Å². The first-order valence-electron chi connectivity index (χ1n) is 6.87. The Labute approximate surface area is 122 Å². The molecule has 0 aliphatic heterocycles. The minimum absolute atomic E-state index is 0.473. The molecule has 21 heavy (non-hydrogen) atoms. The average Bonchev–Trinajstić information content (AvgIpc) is 2.91. The fraction of sp³-hybridized carbons (Fsp3) is 0.267. The summed E-state index contributed by atoms with van der Waals surface area (Å²) in [5.74, 6) is 1.76. The van der Waals surface area contributed by atoms with Gasteiger partial charge in [0.05, 0.1) is 6.33 Å². The minimum Gasteiger partial charge on any atom is -0.437 e. The van der Waals surface area contributed by atoms with Crippen LogP contribution in [-0.4, -0.2) is 26.5 Å². The van der Waals surface area contributed by atoms with Gasteiger partial charge in [0.1, 0.15) is 11.3 Å². The molecule has 0 aliphatic rings. The summed E-state index contributed by atoms with van der Waals surface area (Å²) in [6.45, 7) is 6.79. The van der Waals surface area contributed by atoms with Crippen LogP contribution < -0.4 is 10.1 Å². The number of ether oxygens (including phenoxy) is 1. The van der Waals surface area contributed by atoms with Crippen LogP contribution in [0.4, 0.5) is 5.95 Å². The SMILES string of the molecule is CCNc1nc(Oc2ccc(C)cc2C)c2[nH]cnc2n1. The number of H-pyrrole nitrogens is 1. The number of nitrogens with one attached hydrogen (secondary N) is 2. The molecular weight excluding hydrogens is 266 g/mol. The lowest BCUT2D eigenvalue weighted by molar-refractivity contribution is 0.464. The van der Waals surface area contributed by atoms with Crippen molar-refractivity contribution in [2.24, 2.45) is 0 Å². The number of rotatable bonds is 4. The number of anilines is 1. The van der Waals surface area contributed by atoms with Crippen LogP contribution in [0.5, 0.6) is 11.6 Å². The van der Waals surface area contributed by atoms with Crippen molar-refractivity contribution in [3.05, 3.63) is 35.7 Å². The number of fused-ring (bicyclic) bond motifs is 1. The quantitative estimate of drug-likeness (QED) is 0.769. The third-order valence-electron chi connectivity index (χ3n) is 3.12. The molecule has 0 bridgehead atoms. The third kappa shape index (κ3) is 2.65. The lowest BCUT2D eigenvalue weighted by Crippen LogP contribution is -2.03. The highest BCUT2D eigenvalue weighted by Crippen LogP contribution is 2.29. The summed E-state index contributed by atoms with van der Waals surface area (Å²) in [6.07, 6.45) is 1.59. The number of aromatic amines is 1. The highest BCUT2D eigenvalue weighted by atomic mass is 16.5. The first-order valence-corrected chi connectivity index (χ1v) is 6.87. The number of benzene rings is 1. The van der Waals surface area contributed by atoms with Crippen molar-refractivity contribution in [1.82, 2.24) is 19.9 Å². The van der Waals surface area contributed by atoms with E-state index >= 15 is 0 Å². The van der Waals surface area contributed by atoms with Gasteiger partial charge in [0.25, 0.3) is 5.88 Å². The predicted molar refractivity (Wildman–Crippen MR) is 81.8 cm³/mol. The Hall–Kier alpha value is -2.63. The van der Waals surface area contributed by atoms with E-state index in [1.165, 1.54) is 5.56 Å². The van der Waals surface area contributed by atoms with Gasteiger partial charge in [0.2, 0.25) is 5.95 Å². The second-order valence-electron chi connectivity index (χ2n) is 4.85. The maximum absolute atomic E-state index is 5.96. The number of imidazole rings is 1. The van der Waals surface area contributed by atoms with Gasteiger partial charge in [-0.25, -0.2) is 4.98 Å². The largest absolute Gasteiger partial charge is 0.437 e. The molecule has 0 radical (unpaired) electrons. The third-order valence-corrected chi connectivity index (χ3v) is 3.12. The van der Waals surface area contributed by atoms with Gasteiger partial charge >= 0.3 is 0 Å². The zero-order chi connectivity index (χ0) is 14.8. The topological polar surface area (TPSA) is 75.7 Å². The van der Waals surface area contributed by atoms with Gasteiger partial charge in [0, 0.05) is 6.54 Å². The summed E-state index contributed by atoms with van der Waals surface area (Å²) in [7, 11) is 0. The van der Waals surface area contributed by atoms with Gasteiger partial charge in [-0.15, -0.1) is 0 Å². The number of aryl methyl sites for hydroxylation is 2. The summed E-state index contributed by atoms with van der Waals surface area (Å²) in [5, 5.41) is 3.08. The maximum atomic E-state index is 5.96. The molecule has 2 N–H and O–H groups in total. The van der Waals surface area contributed by atoms with Crippen LogP contribution in [0.1, 0.15) is 18.1 Å². The van der Waals surface area contributed by atoms with Crippen LogP contribution in [0, 0.1) is 13.8 Å². The van der Waals surface area contributed by atoms with Crippen molar-refractivity contribution in [1.29, 1.82) is 0 Å². The fourth-order valence-corrected chi connectivity index (χ4v) is 2.14. The lowest BCUT2D eigenvalue weighted by atomic mass is 10.1. The van der Waals surface area contributed by atoms with Gasteiger partial charge in [-0.2, -0.15) is 9.97 Å². The van der Waals surface area contributed by atoms with E-state index < -0.39 is 0 Å². The van der Waals surface area contributed by atoms with E-state index in [0.29, 0.717) is 23.0 Å². The van der Waals surface area contributed by atoms with E-state index in [-0.39, 0.29) is 0 Å². The van der Waals surface area contributed by atoms with Crippen LogP contribution >= 0.6 is 0 Å². The fourth-order valence-electron chi connectivity index (χ4n) is 2.14. The molecule has 0 fully saturated rings. The predicted octanol–water partition coefficient (Wildman–Crippen LogP) is 3.19. The first kappa shape index (κ1) is 13.4. The number of nitrogens with zero attached hydrogens (tertiary/aromatic N) is 3. The summed E-state index contributed by atoms with van der Waals surface area (Å²) < 4.78 is 5.96. The molecule has 0 aliphatic carbocycles. The van der Waals surface area contributed by atoms with Crippen LogP contribution in [-0.2, 0) is 0 Å². The number of aromatic nitrogens is 4. The molecule has 6 nitrogen and oxygen atoms in total. The van der Waals surface area contributed by atoms with Crippen molar-refractivity contribution >= 4 is 17.1 Å². The summed E-state index contributed by atoms with van der Waals surface area (Å²) >= 11 is 0. The summed E-state index contributed by atoms with van der Waals surface area (Å²) in [5.41, 5.74) is 3.53. The Balaban J connectivity index is 2.04. The highest BCUT2D eigenvalue weighted by molar-refractivity contribution is 5.77. The standard InChI is InChI=1S/C15H17N5O/c1-4-16-15-19-13-12(17-8-18-13)14(20-15)21-11-6-5-9(2)7-10(11)3/h5-8H,4H2,1-3H3,(H2,16,17,18,19,20). The molecule has 0 saturated heterocycles. The molecule has 2 aromatic heterocycles. The maximum Gasteiger partial charge on any atom is 0.250 e. The second-order valence-corrected chi connectivity index (χ2v) is 4.85. The highest BCUT2D eigenvalue weighted by Gasteiger charge is 2.12. The lowest BCUT2D eigenvalue weighted by Gasteiger charge is -2.10. The number of hydrogen-bond acceptors (Lipinski definition) is 5. The Morgan fingerprint density at radius 1 is 1.24 bits per heavy atom. The molecule has 1 aromatic carbocycles. The molecule has 0 saturated carbocycles. The van der Waals surface area contributed by atoms with Crippen LogP contribution in [0.3, 0.4) is 0 Å². The smallest absolute Gasteiger partial charge is 0.250 e. The average molecular weight is 283 g/mol. The molecule has 108 valence electrons. The van der Waals surface area contributed by atoms with E-state index in [1.807, 2.05) is 26.0 Å². The molecule has 6 heteroatoms. The Bertz CT molecular complexity index is 781. The molecular formula is C15H17N5O. The van der Waals surface area contributed by atoms with Crippen LogP contribution in [0.25, 0.3) is 11.2 Å². The number of hydrogen-bond donors (Lipinski definition) is 2. The minimum atomic E-state index is 0.473. The van der Waals surface area contributed by atoms with Crippen molar-refractivity contribution in [2.45, 2.75) is 20.8 Å². The molecule has 3 aromatic rings. The van der Waals surface area contributed by atoms with Gasteiger partial charge in [-0.3, -0.25) is 0 Å². The molecule has 0 unspecified atom stereocenters. The first-order chi connectivity index (χ1) is 10.2. The monoisotopic (exact) mass is 283 g/mol. The van der Waals surface area contributed by atoms with E-state index in [1.54, 1.807) is 6.33 Å². The van der Waals surface area contributed by atoms with E-state index in [9.17, 15) is 0 Å². The van der Waals surface area contributed by atoms with E-state index in [4.69, 9.17) is 4.74 Å². The van der Waals surface area contributed by atoms with Crippen LogP contribution in [0.15, 0.2) is 24.5 Å². The Morgan fingerprint density at radius 3 is 2.86 bits per heavy atom. The summed E-state index contributed by atoms with van der Waals surface area (Å²) in [4.78, 5) is 15.9. The Morgan fingerprint density at radius 2 is 2.10 bits per heavy atom. The van der Waals surface area contributed by atoms with Crippen molar-refractivity contribution < 1.29 is 4.74 Å². The van der Waals surface area contributed by atoms with Gasteiger partial charge in [-0.1, -0.05) is 17.7 Å². The molecule has 2 heterocycles. The van der Waals surface area contributed by atoms with Crippen molar-refractivity contribution in [3.63, 3.8) is 0 Å². The molecule has 0 spiro atoms. The van der Waals surface area contributed by atoms with Gasteiger partial charge < -0.3 is 15.0 Å². The van der Waals surface area contributed by atoms with Gasteiger partial charge in [0.15, 0.2) is 5.65 Å².